The number of nitrogens with zero attached hydrogens (tertiary/aromatic N) is 3. The number of halogens is 1. The number of imidazole rings is 1. The molecule has 0 spiro atoms. The van der Waals surface area contributed by atoms with Crippen LogP contribution in [0.1, 0.15) is 18.1 Å². The lowest BCUT2D eigenvalue weighted by Gasteiger charge is -2.08. The molecule has 1 aromatic heterocycles. The molecule has 0 unspecified atom stereocenters. The smallest absolute Gasteiger partial charge is 0.142 e. The Hall–Kier alpha value is -2.31. The summed E-state index contributed by atoms with van der Waals surface area (Å²) in [6, 6.07) is 13.7. The average molecular weight is 296 g/mol. The Morgan fingerprint density at radius 1 is 1.24 bits per heavy atom. The van der Waals surface area contributed by atoms with Crippen LogP contribution in [0.5, 0.6) is 0 Å². The standard InChI is InChI=1S/C17H14ClN3/c1-3-21-16-7-5-12(10-19)9-15(16)20-17(21)13-6-4-11(2)8-14(13)18/h4-9H,3H2,1-2H3. The van der Waals surface area contributed by atoms with Crippen molar-refractivity contribution in [2.45, 2.75) is 20.4 Å². The number of benzene rings is 2. The molecule has 21 heavy (non-hydrogen) atoms. The Bertz CT molecular complexity index is 872. The number of rotatable bonds is 2. The first-order chi connectivity index (χ1) is 10.1. The Morgan fingerprint density at radius 2 is 2.05 bits per heavy atom. The van der Waals surface area contributed by atoms with E-state index in [2.05, 4.69) is 22.5 Å². The highest BCUT2D eigenvalue weighted by Gasteiger charge is 2.14. The molecule has 3 rings (SSSR count). The minimum Gasteiger partial charge on any atom is -0.324 e. The second-order valence-corrected chi connectivity index (χ2v) is 5.39. The van der Waals surface area contributed by atoms with Gasteiger partial charge in [0.25, 0.3) is 0 Å². The zero-order chi connectivity index (χ0) is 15.0. The highest BCUT2D eigenvalue weighted by atomic mass is 35.5. The van der Waals surface area contributed by atoms with Gasteiger partial charge in [-0.3, -0.25) is 0 Å². The van der Waals surface area contributed by atoms with Gasteiger partial charge in [-0.2, -0.15) is 5.26 Å². The highest BCUT2D eigenvalue weighted by Crippen LogP contribution is 2.31. The van der Waals surface area contributed by atoms with Gasteiger partial charge in [-0.1, -0.05) is 17.7 Å². The maximum Gasteiger partial charge on any atom is 0.142 e. The number of aryl methyl sites for hydroxylation is 2. The SMILES string of the molecule is CCn1c(-c2ccc(C)cc2Cl)nc2cc(C#N)ccc21. The Balaban J connectivity index is 2.29. The molecule has 0 atom stereocenters. The molecule has 0 aliphatic rings. The fourth-order valence-corrected chi connectivity index (χ4v) is 2.85. The quantitative estimate of drug-likeness (QED) is 0.695. The lowest BCUT2D eigenvalue weighted by molar-refractivity contribution is 0.796. The van der Waals surface area contributed by atoms with Gasteiger partial charge in [-0.15, -0.1) is 0 Å². The van der Waals surface area contributed by atoms with Gasteiger partial charge in [-0.05, 0) is 49.7 Å². The molecule has 0 radical (unpaired) electrons. The maximum atomic E-state index is 9.02. The summed E-state index contributed by atoms with van der Waals surface area (Å²) in [5.41, 5.74) is 4.49. The number of nitriles is 1. The van der Waals surface area contributed by atoms with Gasteiger partial charge in [-0.25, -0.2) is 4.98 Å². The molecule has 0 amide bonds. The molecular weight excluding hydrogens is 282 g/mol. The summed E-state index contributed by atoms with van der Waals surface area (Å²) < 4.78 is 2.12. The van der Waals surface area contributed by atoms with E-state index >= 15 is 0 Å². The van der Waals surface area contributed by atoms with E-state index in [0.717, 1.165) is 34.5 Å². The number of hydrogen-bond donors (Lipinski definition) is 0. The molecule has 3 nitrogen and oxygen atoms in total. The molecule has 0 saturated heterocycles. The van der Waals surface area contributed by atoms with Crippen LogP contribution in [0.3, 0.4) is 0 Å². The van der Waals surface area contributed by atoms with E-state index < -0.39 is 0 Å². The van der Waals surface area contributed by atoms with E-state index in [4.69, 9.17) is 16.9 Å². The van der Waals surface area contributed by atoms with Crippen molar-refractivity contribution in [1.29, 1.82) is 5.26 Å². The van der Waals surface area contributed by atoms with Crippen LogP contribution in [0.2, 0.25) is 5.02 Å². The number of hydrogen-bond acceptors (Lipinski definition) is 2. The molecule has 0 fully saturated rings. The van der Waals surface area contributed by atoms with Crippen LogP contribution < -0.4 is 0 Å². The second kappa shape index (κ2) is 5.23. The topological polar surface area (TPSA) is 41.6 Å². The molecule has 3 aromatic rings. The van der Waals surface area contributed by atoms with E-state index in [1.807, 2.05) is 43.3 Å². The van der Waals surface area contributed by atoms with Crippen molar-refractivity contribution < 1.29 is 0 Å². The summed E-state index contributed by atoms with van der Waals surface area (Å²) in [7, 11) is 0. The van der Waals surface area contributed by atoms with Gasteiger partial charge in [0.15, 0.2) is 0 Å². The molecule has 1 heterocycles. The minimum atomic E-state index is 0.616. The first-order valence-electron chi connectivity index (χ1n) is 6.81. The molecule has 0 aliphatic carbocycles. The van der Waals surface area contributed by atoms with Gasteiger partial charge in [0.2, 0.25) is 0 Å². The lowest BCUT2D eigenvalue weighted by atomic mass is 10.1. The molecular formula is C17H14ClN3. The monoisotopic (exact) mass is 295 g/mol. The van der Waals surface area contributed by atoms with Crippen molar-refractivity contribution in [3.63, 3.8) is 0 Å². The van der Waals surface area contributed by atoms with Gasteiger partial charge in [0.1, 0.15) is 5.82 Å². The molecule has 0 aliphatic heterocycles. The predicted molar refractivity (Wildman–Crippen MR) is 85.3 cm³/mol. The largest absolute Gasteiger partial charge is 0.324 e. The fraction of sp³-hybridized carbons (Fsp3) is 0.176. The third kappa shape index (κ3) is 2.28. The van der Waals surface area contributed by atoms with Crippen LogP contribution in [0.25, 0.3) is 22.4 Å². The van der Waals surface area contributed by atoms with Crippen LogP contribution >= 0.6 is 11.6 Å². The van der Waals surface area contributed by atoms with Crippen molar-refractivity contribution >= 4 is 22.6 Å². The normalized spacial score (nSPS) is 10.8. The molecule has 0 saturated carbocycles. The fourth-order valence-electron chi connectivity index (χ4n) is 2.53. The van der Waals surface area contributed by atoms with Gasteiger partial charge >= 0.3 is 0 Å². The maximum absolute atomic E-state index is 9.02. The van der Waals surface area contributed by atoms with E-state index in [9.17, 15) is 0 Å². The van der Waals surface area contributed by atoms with Crippen LogP contribution in [0, 0.1) is 18.3 Å². The summed E-state index contributed by atoms with van der Waals surface area (Å²) in [6.07, 6.45) is 0. The first-order valence-corrected chi connectivity index (χ1v) is 7.18. The van der Waals surface area contributed by atoms with Crippen molar-refractivity contribution in [2.24, 2.45) is 0 Å². The van der Waals surface area contributed by atoms with Crippen LogP contribution in [-0.2, 0) is 6.54 Å². The summed E-state index contributed by atoms with van der Waals surface area (Å²) in [6.45, 7) is 4.88. The van der Waals surface area contributed by atoms with E-state index in [1.165, 1.54) is 0 Å². The van der Waals surface area contributed by atoms with Crippen LogP contribution in [-0.4, -0.2) is 9.55 Å². The summed E-state index contributed by atoms with van der Waals surface area (Å²) in [5.74, 6) is 0.840. The molecule has 0 bridgehead atoms. The summed E-state index contributed by atoms with van der Waals surface area (Å²) in [4.78, 5) is 4.68. The van der Waals surface area contributed by atoms with Crippen molar-refractivity contribution in [3.8, 4) is 17.5 Å². The number of aromatic nitrogens is 2. The number of fused-ring (bicyclic) bond motifs is 1. The third-order valence-corrected chi connectivity index (χ3v) is 3.87. The zero-order valence-electron chi connectivity index (χ0n) is 11.9. The summed E-state index contributed by atoms with van der Waals surface area (Å²) in [5, 5.41) is 9.71. The lowest BCUT2D eigenvalue weighted by Crippen LogP contribution is -1.98. The zero-order valence-corrected chi connectivity index (χ0v) is 12.6. The van der Waals surface area contributed by atoms with Gasteiger partial charge in [0, 0.05) is 12.1 Å². The van der Waals surface area contributed by atoms with Crippen molar-refractivity contribution in [1.82, 2.24) is 9.55 Å². The molecule has 0 N–H and O–H groups in total. The van der Waals surface area contributed by atoms with Crippen molar-refractivity contribution in [2.75, 3.05) is 0 Å². The minimum absolute atomic E-state index is 0.616. The van der Waals surface area contributed by atoms with Crippen LogP contribution in [0.4, 0.5) is 0 Å². The highest BCUT2D eigenvalue weighted by molar-refractivity contribution is 6.33. The predicted octanol–water partition coefficient (Wildman–Crippen LogP) is 4.56. The van der Waals surface area contributed by atoms with Crippen molar-refractivity contribution in [3.05, 3.63) is 52.5 Å². The average Bonchev–Trinajstić information content (AvgIpc) is 2.84. The van der Waals surface area contributed by atoms with Crippen LogP contribution in [0.15, 0.2) is 36.4 Å². The molecule has 104 valence electrons. The molecule has 4 heteroatoms. The molecule has 2 aromatic carbocycles. The Morgan fingerprint density at radius 3 is 2.71 bits per heavy atom. The van der Waals surface area contributed by atoms with Gasteiger partial charge in [0.05, 0.1) is 27.7 Å². The first kappa shape index (κ1) is 13.7. The third-order valence-electron chi connectivity index (χ3n) is 3.56. The Labute approximate surface area is 128 Å². The van der Waals surface area contributed by atoms with E-state index in [0.29, 0.717) is 10.6 Å². The Kier molecular flexibility index (Phi) is 3.40. The van der Waals surface area contributed by atoms with Gasteiger partial charge < -0.3 is 4.57 Å². The van der Waals surface area contributed by atoms with E-state index in [-0.39, 0.29) is 0 Å². The summed E-state index contributed by atoms with van der Waals surface area (Å²) >= 11 is 6.37. The van der Waals surface area contributed by atoms with E-state index in [1.54, 1.807) is 0 Å². The second-order valence-electron chi connectivity index (χ2n) is 4.98.